The summed E-state index contributed by atoms with van der Waals surface area (Å²) in [5.74, 6) is -3.47. The number of hydrogen-bond acceptors (Lipinski definition) is 5. The monoisotopic (exact) mass is 291 g/mol. The van der Waals surface area contributed by atoms with Gasteiger partial charge in [-0.1, -0.05) is 6.07 Å². The third kappa shape index (κ3) is 2.89. The molecule has 0 bridgehead atoms. The van der Waals surface area contributed by atoms with E-state index in [0.717, 1.165) is 18.3 Å². The average Bonchev–Trinajstić information content (AvgIpc) is 2.40. The van der Waals surface area contributed by atoms with Crippen LogP contribution in [0.3, 0.4) is 0 Å². The Morgan fingerprint density at radius 3 is 2.67 bits per heavy atom. The maximum atomic E-state index is 13.6. The van der Waals surface area contributed by atoms with Crippen molar-refractivity contribution < 1.29 is 23.8 Å². The van der Waals surface area contributed by atoms with Crippen LogP contribution >= 0.6 is 0 Å². The summed E-state index contributed by atoms with van der Waals surface area (Å²) in [4.78, 5) is 25.9. The van der Waals surface area contributed by atoms with Gasteiger partial charge in [-0.25, -0.2) is 14.2 Å². The summed E-state index contributed by atoms with van der Waals surface area (Å²) in [6.45, 7) is 0. The van der Waals surface area contributed by atoms with Crippen molar-refractivity contribution in [2.75, 3.05) is 5.73 Å². The van der Waals surface area contributed by atoms with Gasteiger partial charge >= 0.3 is 5.97 Å². The molecule has 1 aromatic heterocycles. The van der Waals surface area contributed by atoms with Gasteiger partial charge in [0.1, 0.15) is 17.1 Å². The summed E-state index contributed by atoms with van der Waals surface area (Å²) < 4.78 is 18.8. The van der Waals surface area contributed by atoms with Gasteiger partial charge in [-0.3, -0.25) is 4.79 Å². The topological polar surface area (TPSA) is 129 Å². The summed E-state index contributed by atoms with van der Waals surface area (Å²) >= 11 is 0. The van der Waals surface area contributed by atoms with Gasteiger partial charge in [-0.15, -0.1) is 0 Å². The zero-order valence-electron chi connectivity index (χ0n) is 10.5. The lowest BCUT2D eigenvalue weighted by atomic mass is 10.2. The highest BCUT2D eigenvalue weighted by Crippen LogP contribution is 2.27. The summed E-state index contributed by atoms with van der Waals surface area (Å²) in [6.07, 6.45) is 1.09. The molecule has 2 aromatic rings. The van der Waals surface area contributed by atoms with Crippen LogP contribution in [-0.2, 0) is 0 Å². The zero-order chi connectivity index (χ0) is 15.6. The Morgan fingerprint density at radius 1 is 1.33 bits per heavy atom. The van der Waals surface area contributed by atoms with E-state index in [2.05, 4.69) is 4.98 Å². The van der Waals surface area contributed by atoms with Crippen molar-refractivity contribution in [3.8, 4) is 11.6 Å². The maximum Gasteiger partial charge on any atom is 0.338 e. The first-order valence-corrected chi connectivity index (χ1v) is 5.65. The highest BCUT2D eigenvalue weighted by atomic mass is 19.1. The Kier molecular flexibility index (Phi) is 3.70. The summed E-state index contributed by atoms with van der Waals surface area (Å²) in [6, 6.07) is 4.73. The number of aromatic nitrogens is 1. The third-order valence-corrected chi connectivity index (χ3v) is 2.58. The van der Waals surface area contributed by atoms with Crippen LogP contribution in [0.4, 0.5) is 10.1 Å². The van der Waals surface area contributed by atoms with Crippen LogP contribution in [0.25, 0.3) is 0 Å². The predicted octanol–water partition coefficient (Wildman–Crippen LogP) is 1.39. The molecule has 1 amide bonds. The van der Waals surface area contributed by atoms with Crippen LogP contribution in [0.1, 0.15) is 20.7 Å². The molecule has 0 spiro atoms. The van der Waals surface area contributed by atoms with Gasteiger partial charge in [-0.2, -0.15) is 0 Å². The van der Waals surface area contributed by atoms with Gasteiger partial charge in [0.2, 0.25) is 5.88 Å². The van der Waals surface area contributed by atoms with Crippen LogP contribution in [0, 0.1) is 5.82 Å². The molecule has 0 radical (unpaired) electrons. The molecule has 1 heterocycles. The summed E-state index contributed by atoms with van der Waals surface area (Å²) in [7, 11) is 0. The van der Waals surface area contributed by atoms with E-state index in [-0.39, 0.29) is 22.9 Å². The number of hydrogen-bond donors (Lipinski definition) is 3. The highest BCUT2D eigenvalue weighted by molar-refractivity contribution is 5.96. The number of carboxylic acid groups (broad SMARTS) is 1. The minimum atomic E-state index is -1.27. The molecule has 0 saturated heterocycles. The fourth-order valence-electron chi connectivity index (χ4n) is 1.63. The van der Waals surface area contributed by atoms with Crippen molar-refractivity contribution >= 4 is 17.6 Å². The Balaban J connectivity index is 2.44. The van der Waals surface area contributed by atoms with Gasteiger partial charge in [0, 0.05) is 6.07 Å². The van der Waals surface area contributed by atoms with Crippen LogP contribution < -0.4 is 16.2 Å². The first-order valence-electron chi connectivity index (χ1n) is 5.65. The number of nitrogen functional groups attached to an aromatic ring is 1. The van der Waals surface area contributed by atoms with Crippen LogP contribution in [0.15, 0.2) is 30.5 Å². The predicted molar refractivity (Wildman–Crippen MR) is 70.6 cm³/mol. The van der Waals surface area contributed by atoms with E-state index in [1.54, 1.807) is 0 Å². The van der Waals surface area contributed by atoms with Gasteiger partial charge < -0.3 is 21.3 Å². The number of pyridine rings is 1. The Labute approximate surface area is 118 Å². The number of halogens is 1. The fourth-order valence-corrected chi connectivity index (χ4v) is 1.63. The SMILES string of the molecule is NC(=O)c1c(F)cccc1Oc1cc(C(=O)O)c(N)cn1. The molecular weight excluding hydrogens is 281 g/mol. The lowest BCUT2D eigenvalue weighted by Gasteiger charge is -2.10. The van der Waals surface area contributed by atoms with Crippen LogP contribution in [-0.4, -0.2) is 22.0 Å². The normalized spacial score (nSPS) is 10.1. The molecule has 0 aliphatic heterocycles. The number of carbonyl (C=O) groups is 2. The fraction of sp³-hybridized carbons (Fsp3) is 0. The second kappa shape index (κ2) is 5.45. The first-order chi connectivity index (χ1) is 9.90. The maximum absolute atomic E-state index is 13.6. The van der Waals surface area contributed by atoms with Crippen LogP contribution in [0.2, 0.25) is 0 Å². The third-order valence-electron chi connectivity index (χ3n) is 2.58. The molecule has 0 aliphatic rings. The number of carbonyl (C=O) groups excluding carboxylic acids is 1. The van der Waals surface area contributed by atoms with E-state index >= 15 is 0 Å². The number of primary amides is 1. The summed E-state index contributed by atoms with van der Waals surface area (Å²) in [5, 5.41) is 8.95. The quantitative estimate of drug-likeness (QED) is 0.780. The smallest absolute Gasteiger partial charge is 0.338 e. The molecule has 7 nitrogen and oxygen atoms in total. The van der Waals surface area contributed by atoms with Crippen molar-refractivity contribution in [2.45, 2.75) is 0 Å². The number of carboxylic acids is 1. The van der Waals surface area contributed by atoms with Gasteiger partial charge in [0.15, 0.2) is 0 Å². The van der Waals surface area contributed by atoms with Crippen molar-refractivity contribution in [3.63, 3.8) is 0 Å². The van der Waals surface area contributed by atoms with Gasteiger partial charge in [-0.05, 0) is 12.1 Å². The average molecular weight is 291 g/mol. The lowest BCUT2D eigenvalue weighted by molar-refractivity contribution is 0.0697. The van der Waals surface area contributed by atoms with Crippen molar-refractivity contribution in [3.05, 3.63) is 47.4 Å². The van der Waals surface area contributed by atoms with E-state index in [1.807, 2.05) is 0 Å². The molecule has 1 aromatic carbocycles. The van der Waals surface area contributed by atoms with Gasteiger partial charge in [0.25, 0.3) is 5.91 Å². The number of ether oxygens (including phenoxy) is 1. The number of nitrogens with zero attached hydrogens (tertiary/aromatic N) is 1. The molecule has 21 heavy (non-hydrogen) atoms. The van der Waals surface area contributed by atoms with E-state index in [9.17, 15) is 14.0 Å². The number of nitrogens with two attached hydrogens (primary N) is 2. The van der Waals surface area contributed by atoms with E-state index < -0.39 is 23.3 Å². The molecule has 0 fully saturated rings. The van der Waals surface area contributed by atoms with Gasteiger partial charge in [0.05, 0.1) is 17.4 Å². The highest BCUT2D eigenvalue weighted by Gasteiger charge is 2.17. The Morgan fingerprint density at radius 2 is 2.05 bits per heavy atom. The molecular formula is C13H10FN3O4. The molecule has 8 heteroatoms. The molecule has 5 N–H and O–H groups in total. The number of rotatable bonds is 4. The van der Waals surface area contributed by atoms with Crippen molar-refractivity contribution in [2.24, 2.45) is 5.73 Å². The molecule has 108 valence electrons. The van der Waals surface area contributed by atoms with E-state index in [1.165, 1.54) is 12.1 Å². The van der Waals surface area contributed by atoms with Crippen molar-refractivity contribution in [1.29, 1.82) is 0 Å². The number of benzene rings is 1. The minimum Gasteiger partial charge on any atom is -0.478 e. The molecule has 2 rings (SSSR count). The Bertz CT molecular complexity index is 733. The molecule has 0 atom stereocenters. The van der Waals surface area contributed by atoms with E-state index in [4.69, 9.17) is 21.3 Å². The Hall–Kier alpha value is -3.16. The first kappa shape index (κ1) is 14.3. The lowest BCUT2D eigenvalue weighted by Crippen LogP contribution is -2.14. The molecule has 0 aliphatic carbocycles. The standard InChI is InChI=1S/C13H10FN3O4/c14-7-2-1-3-9(11(7)12(16)18)21-10-4-6(13(19)20)8(15)5-17-10/h1-5H,15H2,(H2,16,18)(H,19,20). The molecule has 0 saturated carbocycles. The second-order valence-corrected chi connectivity index (χ2v) is 3.99. The van der Waals surface area contributed by atoms with Crippen LogP contribution in [0.5, 0.6) is 11.6 Å². The number of aromatic carboxylic acids is 1. The molecule has 0 unspecified atom stereocenters. The minimum absolute atomic E-state index is 0.0517. The number of anilines is 1. The zero-order valence-corrected chi connectivity index (χ0v) is 10.5. The summed E-state index contributed by atoms with van der Waals surface area (Å²) in [5.41, 5.74) is 9.80. The van der Waals surface area contributed by atoms with E-state index in [0.29, 0.717) is 0 Å². The second-order valence-electron chi connectivity index (χ2n) is 3.99. The largest absolute Gasteiger partial charge is 0.478 e. The van der Waals surface area contributed by atoms with Crippen molar-refractivity contribution in [1.82, 2.24) is 4.98 Å². The number of amides is 1.